The number of aromatic nitrogens is 1. The number of hydrogen-bond donors (Lipinski definition) is 2. The fraction of sp³-hybridized carbons (Fsp3) is 0.129. The largest absolute Gasteiger partial charge is 0.493 e. The van der Waals surface area contributed by atoms with Gasteiger partial charge < -0.3 is 14.8 Å². The molecule has 214 valence electrons. The Balaban J connectivity index is 1.13. The van der Waals surface area contributed by atoms with Gasteiger partial charge in [0.2, 0.25) is 5.91 Å². The lowest BCUT2D eigenvalue weighted by Gasteiger charge is -2.12. The van der Waals surface area contributed by atoms with E-state index in [-0.39, 0.29) is 12.1 Å². The van der Waals surface area contributed by atoms with Crippen molar-refractivity contribution in [2.45, 2.75) is 19.2 Å². The molecule has 0 atom stereocenters. The molecule has 0 aliphatic rings. The van der Waals surface area contributed by atoms with E-state index in [9.17, 15) is 18.0 Å². The molecule has 42 heavy (non-hydrogen) atoms. The van der Waals surface area contributed by atoms with Crippen LogP contribution in [0.5, 0.6) is 11.5 Å². The molecule has 4 aromatic carbocycles. The van der Waals surface area contributed by atoms with E-state index < -0.39 is 17.6 Å². The van der Waals surface area contributed by atoms with Gasteiger partial charge in [-0.3, -0.25) is 4.79 Å². The first-order valence-electron chi connectivity index (χ1n) is 12.8. The van der Waals surface area contributed by atoms with Crippen molar-refractivity contribution in [2.24, 2.45) is 5.10 Å². The third-order valence-corrected chi connectivity index (χ3v) is 6.94. The Labute approximate surface area is 243 Å². The van der Waals surface area contributed by atoms with Crippen LogP contribution in [0.1, 0.15) is 22.4 Å². The number of nitrogens with zero attached hydrogens (tertiary/aromatic N) is 2. The molecule has 0 spiro atoms. The molecule has 7 nitrogen and oxygen atoms in total. The van der Waals surface area contributed by atoms with Crippen LogP contribution >= 0.6 is 11.3 Å². The zero-order valence-corrected chi connectivity index (χ0v) is 23.1. The molecule has 1 amide bonds. The average Bonchev–Trinajstić information content (AvgIpc) is 3.42. The maximum absolute atomic E-state index is 12.9. The lowest BCUT2D eigenvalue weighted by atomic mass is 10.1. The summed E-state index contributed by atoms with van der Waals surface area (Å²) >= 11 is 1.18. The van der Waals surface area contributed by atoms with Gasteiger partial charge in [0, 0.05) is 11.1 Å². The third kappa shape index (κ3) is 7.43. The van der Waals surface area contributed by atoms with Crippen molar-refractivity contribution in [3.63, 3.8) is 0 Å². The first kappa shape index (κ1) is 28.6. The number of halogens is 3. The molecule has 0 aliphatic heterocycles. The minimum Gasteiger partial charge on any atom is -0.493 e. The van der Waals surface area contributed by atoms with Gasteiger partial charge in [0.15, 0.2) is 16.6 Å². The third-order valence-electron chi connectivity index (χ3n) is 6.13. The van der Waals surface area contributed by atoms with Gasteiger partial charge in [0.1, 0.15) is 6.61 Å². The van der Waals surface area contributed by atoms with E-state index in [1.807, 2.05) is 18.2 Å². The molecule has 0 unspecified atom stereocenters. The second kappa shape index (κ2) is 12.7. The molecule has 1 heterocycles. The maximum atomic E-state index is 12.9. The van der Waals surface area contributed by atoms with Crippen LogP contribution in [0.2, 0.25) is 0 Å². The van der Waals surface area contributed by atoms with Gasteiger partial charge in [-0.05, 0) is 64.4 Å². The molecule has 1 aromatic heterocycles. The topological polar surface area (TPSA) is 84.8 Å². The van der Waals surface area contributed by atoms with Gasteiger partial charge in [-0.2, -0.15) is 18.3 Å². The number of fused-ring (bicyclic) bond motifs is 1. The van der Waals surface area contributed by atoms with Crippen molar-refractivity contribution in [3.05, 3.63) is 113 Å². The number of carbonyl (C=O) groups is 1. The second-order valence-corrected chi connectivity index (χ2v) is 10.1. The van der Waals surface area contributed by atoms with E-state index in [4.69, 9.17) is 9.47 Å². The highest BCUT2D eigenvalue weighted by Crippen LogP contribution is 2.32. The lowest BCUT2D eigenvalue weighted by Crippen LogP contribution is -2.19. The van der Waals surface area contributed by atoms with Crippen molar-refractivity contribution >= 4 is 45.0 Å². The number of amides is 1. The van der Waals surface area contributed by atoms with Crippen LogP contribution in [0.25, 0.3) is 10.8 Å². The number of nitrogens with one attached hydrogen (secondary N) is 2. The number of anilines is 2. The van der Waals surface area contributed by atoms with Gasteiger partial charge in [0.05, 0.1) is 31.0 Å². The summed E-state index contributed by atoms with van der Waals surface area (Å²) in [6, 6.07) is 24.4. The molecule has 0 aliphatic carbocycles. The molecule has 2 N–H and O–H groups in total. The fourth-order valence-corrected chi connectivity index (χ4v) is 4.83. The highest BCUT2D eigenvalue weighted by molar-refractivity contribution is 7.13. The van der Waals surface area contributed by atoms with E-state index in [2.05, 4.69) is 45.1 Å². The number of alkyl halides is 3. The van der Waals surface area contributed by atoms with Crippen LogP contribution in [-0.2, 0) is 24.0 Å². The highest BCUT2D eigenvalue weighted by atomic mass is 32.1. The number of methoxy groups -OCH3 is 1. The number of carbonyl (C=O) groups excluding carboxylic acids is 1. The van der Waals surface area contributed by atoms with Crippen LogP contribution in [-0.4, -0.2) is 24.2 Å². The maximum Gasteiger partial charge on any atom is 0.416 e. The summed E-state index contributed by atoms with van der Waals surface area (Å²) in [6.07, 6.45) is -3.01. The van der Waals surface area contributed by atoms with Gasteiger partial charge in [0.25, 0.3) is 0 Å². The van der Waals surface area contributed by atoms with Crippen molar-refractivity contribution in [2.75, 3.05) is 12.4 Å². The summed E-state index contributed by atoms with van der Waals surface area (Å²) in [7, 11) is 1.55. The molecule has 5 rings (SSSR count). The van der Waals surface area contributed by atoms with E-state index in [1.165, 1.54) is 29.7 Å². The predicted molar refractivity (Wildman–Crippen MR) is 158 cm³/mol. The van der Waals surface area contributed by atoms with Crippen molar-refractivity contribution in [1.29, 1.82) is 0 Å². The molecule has 0 saturated heterocycles. The van der Waals surface area contributed by atoms with E-state index in [0.29, 0.717) is 34.5 Å². The predicted octanol–water partition coefficient (Wildman–Crippen LogP) is 7.34. The Kier molecular flexibility index (Phi) is 8.68. The van der Waals surface area contributed by atoms with E-state index >= 15 is 0 Å². The first-order valence-corrected chi connectivity index (χ1v) is 13.6. The van der Waals surface area contributed by atoms with Gasteiger partial charge in [-0.25, -0.2) is 10.4 Å². The molecule has 0 saturated carbocycles. The Bertz CT molecular complexity index is 1740. The Morgan fingerprint density at radius 1 is 0.976 bits per heavy atom. The number of thiazole rings is 1. The summed E-state index contributed by atoms with van der Waals surface area (Å²) in [5.74, 6) is 0.698. The molecular formula is C31H25F3N4O3S. The van der Waals surface area contributed by atoms with Gasteiger partial charge in [-0.15, -0.1) is 11.3 Å². The van der Waals surface area contributed by atoms with Crippen LogP contribution in [0.4, 0.5) is 24.0 Å². The van der Waals surface area contributed by atoms with Crippen molar-refractivity contribution < 1.29 is 27.4 Å². The number of rotatable bonds is 10. The van der Waals surface area contributed by atoms with Crippen molar-refractivity contribution in [1.82, 2.24) is 10.4 Å². The molecule has 5 aromatic rings. The van der Waals surface area contributed by atoms with Gasteiger partial charge >= 0.3 is 6.18 Å². The number of benzene rings is 4. The second-order valence-electron chi connectivity index (χ2n) is 9.20. The first-order chi connectivity index (χ1) is 20.3. The standard InChI is InChI=1S/C31H25F3N4O3S/c1-40-28-14-20(10-12-27(28)41-18-21-9-11-22-5-2-3-6-23(22)13-21)17-35-38-29(39)16-26-19-42-30(37-26)36-25-8-4-7-24(15-25)31(32,33)34/h2-15,17,19H,16,18H2,1H3,(H,36,37)(H,38,39)/b35-17-. The molecule has 0 radical (unpaired) electrons. The number of hydrazone groups is 1. The normalized spacial score (nSPS) is 11.5. The monoisotopic (exact) mass is 590 g/mol. The zero-order valence-electron chi connectivity index (χ0n) is 22.3. The van der Waals surface area contributed by atoms with Gasteiger partial charge in [-0.1, -0.05) is 42.5 Å². The molecular weight excluding hydrogens is 565 g/mol. The van der Waals surface area contributed by atoms with Crippen LogP contribution < -0.4 is 20.2 Å². The van der Waals surface area contributed by atoms with E-state index in [0.717, 1.165) is 28.5 Å². The van der Waals surface area contributed by atoms with Crippen LogP contribution in [0.3, 0.4) is 0 Å². The summed E-state index contributed by atoms with van der Waals surface area (Å²) < 4.78 is 50.3. The smallest absolute Gasteiger partial charge is 0.416 e. The van der Waals surface area contributed by atoms with Crippen LogP contribution in [0.15, 0.2) is 95.4 Å². The summed E-state index contributed by atoms with van der Waals surface area (Å²) in [4.78, 5) is 16.6. The Morgan fingerprint density at radius 2 is 1.81 bits per heavy atom. The SMILES string of the molecule is COc1cc(/C=N\NC(=O)Cc2csc(Nc3cccc(C(F)(F)F)c3)n2)ccc1OCc1ccc2ccccc2c1. The van der Waals surface area contributed by atoms with E-state index in [1.54, 1.807) is 30.7 Å². The molecule has 0 bridgehead atoms. The molecule has 0 fully saturated rings. The molecule has 11 heteroatoms. The zero-order chi connectivity index (χ0) is 29.5. The number of ether oxygens (including phenoxy) is 2. The quantitative estimate of drug-likeness (QED) is 0.131. The highest BCUT2D eigenvalue weighted by Gasteiger charge is 2.30. The Hall–Kier alpha value is -4.90. The minimum atomic E-state index is -4.44. The average molecular weight is 591 g/mol. The lowest BCUT2D eigenvalue weighted by molar-refractivity contribution is -0.137. The van der Waals surface area contributed by atoms with Crippen molar-refractivity contribution in [3.8, 4) is 11.5 Å². The minimum absolute atomic E-state index is 0.0526. The summed E-state index contributed by atoms with van der Waals surface area (Å²) in [6.45, 7) is 0.373. The number of hydrogen-bond acceptors (Lipinski definition) is 7. The fourth-order valence-electron chi connectivity index (χ4n) is 4.10. The Morgan fingerprint density at radius 3 is 2.62 bits per heavy atom. The van der Waals surface area contributed by atoms with Crippen LogP contribution in [0, 0.1) is 0 Å². The summed E-state index contributed by atoms with van der Waals surface area (Å²) in [5.41, 5.74) is 4.11. The summed E-state index contributed by atoms with van der Waals surface area (Å²) in [5, 5.41) is 11.2.